The van der Waals surface area contributed by atoms with E-state index < -0.39 is 17.9 Å². The zero-order valence-corrected chi connectivity index (χ0v) is 12.3. The van der Waals surface area contributed by atoms with E-state index in [1.54, 1.807) is 7.05 Å². The van der Waals surface area contributed by atoms with Crippen LogP contribution >= 0.6 is 0 Å². The summed E-state index contributed by atoms with van der Waals surface area (Å²) in [6, 6.07) is -0.670. The Bertz CT molecular complexity index is 373. The predicted molar refractivity (Wildman–Crippen MR) is 74.2 cm³/mol. The zero-order valence-electron chi connectivity index (χ0n) is 12.3. The van der Waals surface area contributed by atoms with Crippen molar-refractivity contribution in [1.82, 2.24) is 15.1 Å². The van der Waals surface area contributed by atoms with Gasteiger partial charge in [-0.1, -0.05) is 0 Å². The highest BCUT2D eigenvalue weighted by Gasteiger charge is 2.38. The number of nitrogens with one attached hydrogen (secondary N) is 1. The lowest BCUT2D eigenvalue weighted by Gasteiger charge is -2.29. The fourth-order valence-corrected chi connectivity index (χ4v) is 2.58. The van der Waals surface area contributed by atoms with Gasteiger partial charge in [-0.05, 0) is 0 Å². The van der Waals surface area contributed by atoms with E-state index in [4.69, 9.17) is 14.6 Å². The van der Waals surface area contributed by atoms with Crippen LogP contribution in [0.1, 0.15) is 0 Å². The van der Waals surface area contributed by atoms with Crippen LogP contribution in [0, 0.1) is 5.92 Å². The Morgan fingerprint density at radius 2 is 2.00 bits per heavy atom. The Kier molecular flexibility index (Phi) is 5.77. The van der Waals surface area contributed by atoms with Crippen LogP contribution in [0.4, 0.5) is 4.79 Å². The van der Waals surface area contributed by atoms with Crippen LogP contribution in [-0.2, 0) is 14.3 Å². The molecule has 2 rings (SSSR count). The number of ether oxygens (including phenoxy) is 2. The summed E-state index contributed by atoms with van der Waals surface area (Å²) in [7, 11) is 1.61. The van der Waals surface area contributed by atoms with E-state index in [0.29, 0.717) is 6.54 Å². The fraction of sp³-hybridized carbons (Fsp3) is 0.846. The van der Waals surface area contributed by atoms with Crippen molar-refractivity contribution in [2.45, 2.75) is 6.04 Å². The quantitative estimate of drug-likeness (QED) is 0.681. The molecule has 8 heteroatoms. The van der Waals surface area contributed by atoms with Crippen LogP contribution in [0.25, 0.3) is 0 Å². The van der Waals surface area contributed by atoms with E-state index in [9.17, 15) is 9.59 Å². The van der Waals surface area contributed by atoms with Crippen molar-refractivity contribution >= 4 is 12.0 Å². The molecule has 0 saturated carbocycles. The van der Waals surface area contributed by atoms with Crippen molar-refractivity contribution in [1.29, 1.82) is 0 Å². The van der Waals surface area contributed by atoms with Crippen LogP contribution < -0.4 is 5.32 Å². The van der Waals surface area contributed by atoms with Crippen molar-refractivity contribution in [3.8, 4) is 0 Å². The van der Waals surface area contributed by atoms with E-state index in [1.807, 2.05) is 0 Å². The average molecular weight is 301 g/mol. The van der Waals surface area contributed by atoms with Crippen LogP contribution in [0.5, 0.6) is 0 Å². The minimum atomic E-state index is -0.925. The second-order valence-electron chi connectivity index (χ2n) is 5.35. The molecule has 2 saturated heterocycles. The number of rotatable bonds is 5. The molecule has 0 aromatic heterocycles. The number of carboxylic acid groups (broad SMARTS) is 1. The van der Waals surface area contributed by atoms with Gasteiger partial charge >= 0.3 is 12.0 Å². The van der Waals surface area contributed by atoms with Gasteiger partial charge < -0.3 is 24.8 Å². The molecule has 0 radical (unpaired) electrons. The first kappa shape index (κ1) is 16.0. The molecule has 0 aromatic rings. The molecule has 2 heterocycles. The number of nitrogens with zero attached hydrogens (tertiary/aromatic N) is 2. The maximum atomic E-state index is 12.1. The summed E-state index contributed by atoms with van der Waals surface area (Å²) < 4.78 is 10.4. The van der Waals surface area contributed by atoms with E-state index in [0.717, 1.165) is 32.8 Å². The predicted octanol–water partition coefficient (Wildman–Crippen LogP) is -0.940. The third-order valence-corrected chi connectivity index (χ3v) is 3.99. The normalized spacial score (nSPS) is 26.5. The maximum Gasteiger partial charge on any atom is 0.317 e. The zero-order chi connectivity index (χ0) is 15.2. The average Bonchev–Trinajstić information content (AvgIpc) is 2.97. The molecule has 8 nitrogen and oxygen atoms in total. The molecule has 21 heavy (non-hydrogen) atoms. The van der Waals surface area contributed by atoms with Gasteiger partial charge in [-0.3, -0.25) is 9.69 Å². The minimum Gasteiger partial charge on any atom is -0.481 e. The number of hydrogen-bond donors (Lipinski definition) is 2. The van der Waals surface area contributed by atoms with Gasteiger partial charge in [-0.15, -0.1) is 0 Å². The van der Waals surface area contributed by atoms with Gasteiger partial charge in [0.25, 0.3) is 0 Å². The molecule has 2 N–H and O–H groups in total. The van der Waals surface area contributed by atoms with Gasteiger partial charge in [0, 0.05) is 33.2 Å². The third-order valence-electron chi connectivity index (χ3n) is 3.99. The summed E-state index contributed by atoms with van der Waals surface area (Å²) in [5.74, 6) is -1.58. The first-order valence-corrected chi connectivity index (χ1v) is 7.21. The standard InChI is InChI=1S/C13H23N3O5/c1-15(11-9-21-8-10(11)12(17)18)13(19)14-2-3-16-4-6-20-7-5-16/h10-11H,2-9H2,1H3,(H,14,19)(H,17,18). The van der Waals surface area contributed by atoms with Crippen molar-refractivity contribution in [2.24, 2.45) is 5.92 Å². The summed E-state index contributed by atoms with van der Waals surface area (Å²) in [5.41, 5.74) is 0. The summed E-state index contributed by atoms with van der Waals surface area (Å²) in [4.78, 5) is 26.8. The molecule has 2 atom stereocenters. The fourth-order valence-electron chi connectivity index (χ4n) is 2.58. The van der Waals surface area contributed by atoms with E-state index >= 15 is 0 Å². The molecule has 2 aliphatic heterocycles. The van der Waals surface area contributed by atoms with E-state index in [-0.39, 0.29) is 19.2 Å². The SMILES string of the molecule is CN(C(=O)NCCN1CCOCC1)C1COCC1C(=O)O. The monoisotopic (exact) mass is 301 g/mol. The second kappa shape index (κ2) is 7.58. The Hall–Kier alpha value is -1.38. The van der Waals surface area contributed by atoms with Crippen LogP contribution in [0.15, 0.2) is 0 Å². The molecular weight excluding hydrogens is 278 g/mol. The number of urea groups is 1. The van der Waals surface area contributed by atoms with Gasteiger partial charge in [0.2, 0.25) is 0 Å². The molecule has 2 fully saturated rings. The molecular formula is C13H23N3O5. The highest BCUT2D eigenvalue weighted by molar-refractivity contribution is 5.77. The Labute approximate surface area is 124 Å². The van der Waals surface area contributed by atoms with Gasteiger partial charge in [0.1, 0.15) is 5.92 Å². The molecule has 0 aromatic carbocycles. The third kappa shape index (κ3) is 4.29. The lowest BCUT2D eigenvalue weighted by Crippen LogP contribution is -2.50. The molecule has 0 bridgehead atoms. The van der Waals surface area contributed by atoms with Crippen LogP contribution in [-0.4, -0.2) is 92.6 Å². The maximum absolute atomic E-state index is 12.1. The molecule has 0 spiro atoms. The number of amides is 2. The van der Waals surface area contributed by atoms with Gasteiger partial charge in [0.15, 0.2) is 0 Å². The van der Waals surface area contributed by atoms with Crippen molar-refractivity contribution in [3.63, 3.8) is 0 Å². The molecule has 2 unspecified atom stereocenters. The van der Waals surface area contributed by atoms with Crippen molar-refractivity contribution < 1.29 is 24.2 Å². The number of likely N-dealkylation sites (N-methyl/N-ethyl adjacent to an activating group) is 1. The number of carbonyl (C=O) groups is 2. The summed E-state index contributed by atoms with van der Waals surface area (Å²) >= 11 is 0. The van der Waals surface area contributed by atoms with Crippen molar-refractivity contribution in [3.05, 3.63) is 0 Å². The summed E-state index contributed by atoms with van der Waals surface area (Å²) in [5, 5.41) is 11.9. The topological polar surface area (TPSA) is 91.3 Å². The Morgan fingerprint density at radius 1 is 1.29 bits per heavy atom. The lowest BCUT2D eigenvalue weighted by atomic mass is 10.0. The first-order valence-electron chi connectivity index (χ1n) is 7.21. The Balaban J connectivity index is 1.73. The number of aliphatic carboxylic acids is 1. The molecule has 0 aliphatic carbocycles. The van der Waals surface area contributed by atoms with Crippen molar-refractivity contribution in [2.75, 3.05) is 59.7 Å². The summed E-state index contributed by atoms with van der Waals surface area (Å²) in [6.45, 7) is 4.95. The smallest absolute Gasteiger partial charge is 0.317 e. The van der Waals surface area contributed by atoms with E-state index in [2.05, 4.69) is 10.2 Å². The number of hydrogen-bond acceptors (Lipinski definition) is 5. The second-order valence-corrected chi connectivity index (χ2v) is 5.35. The van der Waals surface area contributed by atoms with Gasteiger partial charge in [0.05, 0.1) is 32.5 Å². The van der Waals surface area contributed by atoms with Crippen LogP contribution in [0.3, 0.4) is 0 Å². The lowest BCUT2D eigenvalue weighted by molar-refractivity contribution is -0.142. The molecule has 120 valence electrons. The largest absolute Gasteiger partial charge is 0.481 e. The molecule has 2 aliphatic rings. The van der Waals surface area contributed by atoms with Crippen LogP contribution in [0.2, 0.25) is 0 Å². The number of carboxylic acids is 1. The number of carbonyl (C=O) groups excluding carboxylic acids is 1. The Morgan fingerprint density at radius 3 is 2.67 bits per heavy atom. The van der Waals surface area contributed by atoms with Gasteiger partial charge in [-0.2, -0.15) is 0 Å². The first-order chi connectivity index (χ1) is 10.1. The number of morpholine rings is 1. The molecule has 2 amide bonds. The minimum absolute atomic E-state index is 0.158. The van der Waals surface area contributed by atoms with E-state index in [1.165, 1.54) is 4.90 Å². The highest BCUT2D eigenvalue weighted by Crippen LogP contribution is 2.18. The van der Waals surface area contributed by atoms with Gasteiger partial charge in [-0.25, -0.2) is 4.79 Å². The summed E-state index contributed by atoms with van der Waals surface area (Å²) in [6.07, 6.45) is 0. The highest BCUT2D eigenvalue weighted by atomic mass is 16.5.